The molecular formula is C16H14FN3O2. The first-order valence-electron chi connectivity index (χ1n) is 6.86. The molecule has 22 heavy (non-hydrogen) atoms. The lowest BCUT2D eigenvalue weighted by Gasteiger charge is -2.24. The molecule has 2 amide bonds. The van der Waals surface area contributed by atoms with Crippen LogP contribution >= 0.6 is 0 Å². The molecule has 0 bridgehead atoms. The van der Waals surface area contributed by atoms with Gasteiger partial charge in [0.1, 0.15) is 11.6 Å². The molecule has 2 aromatic rings. The van der Waals surface area contributed by atoms with Gasteiger partial charge in [0.2, 0.25) is 11.8 Å². The molecule has 0 radical (unpaired) electrons. The van der Waals surface area contributed by atoms with E-state index in [9.17, 15) is 14.0 Å². The fraction of sp³-hybridized carbons (Fsp3) is 0.188. The highest BCUT2D eigenvalue weighted by atomic mass is 19.1. The van der Waals surface area contributed by atoms with Crippen molar-refractivity contribution in [2.24, 2.45) is 0 Å². The molecule has 0 aliphatic carbocycles. The largest absolute Gasteiger partial charge is 0.326 e. The van der Waals surface area contributed by atoms with Gasteiger partial charge in [-0.2, -0.15) is 0 Å². The maximum Gasteiger partial charge on any atom is 0.233 e. The zero-order valence-electron chi connectivity index (χ0n) is 11.9. The van der Waals surface area contributed by atoms with Gasteiger partial charge in [0.15, 0.2) is 0 Å². The smallest absolute Gasteiger partial charge is 0.233 e. The average Bonchev–Trinajstić information content (AvgIpc) is 2.45. The van der Waals surface area contributed by atoms with Gasteiger partial charge in [-0.1, -0.05) is 6.07 Å². The number of carbonyl (C=O) groups excluding carboxylic acids is 2. The van der Waals surface area contributed by atoms with Crippen LogP contribution in [0.4, 0.5) is 15.9 Å². The standard InChI is InChI=1S/C16H14FN3O2/c1-9-4-5-18-14(6-9)20-16(22)12-8-15(21)19-13-7-10(17)2-3-11(12)13/h2-7,12H,8H2,1H3,(H,19,21)(H,18,20,22)/t12-/m1/s1. The Bertz CT molecular complexity index is 761. The summed E-state index contributed by atoms with van der Waals surface area (Å²) >= 11 is 0. The fourth-order valence-electron chi connectivity index (χ4n) is 2.49. The predicted octanol–water partition coefficient (Wildman–Crippen LogP) is 2.59. The molecule has 0 saturated carbocycles. The molecule has 5 nitrogen and oxygen atoms in total. The van der Waals surface area contributed by atoms with Crippen LogP contribution in [0.15, 0.2) is 36.5 Å². The van der Waals surface area contributed by atoms with Gasteiger partial charge in [-0.25, -0.2) is 9.37 Å². The second kappa shape index (κ2) is 5.55. The normalized spacial score (nSPS) is 16.6. The summed E-state index contributed by atoms with van der Waals surface area (Å²) in [5.41, 5.74) is 1.91. The molecule has 1 aliphatic rings. The molecule has 1 aliphatic heterocycles. The minimum absolute atomic E-state index is 0.0241. The summed E-state index contributed by atoms with van der Waals surface area (Å²) in [6.07, 6.45) is 1.62. The molecule has 1 aromatic heterocycles. The van der Waals surface area contributed by atoms with E-state index in [0.717, 1.165) is 5.56 Å². The molecule has 0 spiro atoms. The van der Waals surface area contributed by atoms with Crippen molar-refractivity contribution < 1.29 is 14.0 Å². The number of anilines is 2. The highest BCUT2D eigenvalue weighted by molar-refractivity contribution is 6.04. The zero-order chi connectivity index (χ0) is 15.7. The highest BCUT2D eigenvalue weighted by Crippen LogP contribution is 2.33. The number of halogens is 1. The van der Waals surface area contributed by atoms with Gasteiger partial charge in [0.05, 0.1) is 5.92 Å². The summed E-state index contributed by atoms with van der Waals surface area (Å²) in [6.45, 7) is 1.89. The van der Waals surface area contributed by atoms with Gasteiger partial charge >= 0.3 is 0 Å². The number of hydrogen-bond donors (Lipinski definition) is 2. The minimum atomic E-state index is -0.660. The maximum absolute atomic E-state index is 13.3. The van der Waals surface area contributed by atoms with Crippen LogP contribution in [0.1, 0.15) is 23.5 Å². The Labute approximate surface area is 126 Å². The molecule has 2 N–H and O–H groups in total. The highest BCUT2D eigenvalue weighted by Gasteiger charge is 2.31. The number of carbonyl (C=O) groups is 2. The summed E-state index contributed by atoms with van der Waals surface area (Å²) in [4.78, 5) is 28.2. The van der Waals surface area contributed by atoms with Crippen molar-refractivity contribution in [2.45, 2.75) is 19.3 Å². The SMILES string of the molecule is Cc1ccnc(NC(=O)[C@@H]2CC(=O)Nc3cc(F)ccc32)c1. The number of amides is 2. The predicted molar refractivity (Wildman–Crippen MR) is 80.0 cm³/mol. The van der Waals surface area contributed by atoms with Crippen LogP contribution in [0.25, 0.3) is 0 Å². The van der Waals surface area contributed by atoms with Gasteiger partial charge < -0.3 is 10.6 Å². The van der Waals surface area contributed by atoms with Crippen molar-refractivity contribution >= 4 is 23.3 Å². The molecule has 2 heterocycles. The van der Waals surface area contributed by atoms with E-state index in [0.29, 0.717) is 17.1 Å². The number of pyridine rings is 1. The summed E-state index contributed by atoms with van der Waals surface area (Å²) < 4.78 is 13.3. The van der Waals surface area contributed by atoms with Crippen LogP contribution in [0.5, 0.6) is 0 Å². The summed E-state index contributed by atoms with van der Waals surface area (Å²) in [7, 11) is 0. The topological polar surface area (TPSA) is 71.1 Å². The lowest BCUT2D eigenvalue weighted by Crippen LogP contribution is -2.31. The Hall–Kier alpha value is -2.76. The number of nitrogens with zero attached hydrogens (tertiary/aromatic N) is 1. The van der Waals surface area contributed by atoms with E-state index in [1.165, 1.54) is 18.2 Å². The van der Waals surface area contributed by atoms with E-state index < -0.39 is 11.7 Å². The Kier molecular flexibility index (Phi) is 3.58. The van der Waals surface area contributed by atoms with Crippen molar-refractivity contribution in [1.82, 2.24) is 4.98 Å². The second-order valence-corrected chi connectivity index (χ2v) is 5.24. The number of benzene rings is 1. The summed E-state index contributed by atoms with van der Waals surface area (Å²) in [5, 5.41) is 5.29. The first-order chi connectivity index (χ1) is 10.5. The van der Waals surface area contributed by atoms with E-state index in [1.807, 2.05) is 13.0 Å². The monoisotopic (exact) mass is 299 g/mol. The lowest BCUT2D eigenvalue weighted by atomic mass is 9.89. The van der Waals surface area contributed by atoms with Gasteiger partial charge in [-0.15, -0.1) is 0 Å². The third-order valence-electron chi connectivity index (χ3n) is 3.54. The van der Waals surface area contributed by atoms with Crippen LogP contribution in [0.2, 0.25) is 0 Å². The number of aromatic nitrogens is 1. The van der Waals surface area contributed by atoms with Crippen molar-refractivity contribution in [1.29, 1.82) is 0 Å². The molecule has 3 rings (SSSR count). The van der Waals surface area contributed by atoms with Crippen molar-refractivity contribution in [3.05, 3.63) is 53.5 Å². The third kappa shape index (κ3) is 2.81. The number of nitrogens with one attached hydrogen (secondary N) is 2. The first-order valence-corrected chi connectivity index (χ1v) is 6.86. The van der Waals surface area contributed by atoms with E-state index in [-0.39, 0.29) is 18.2 Å². The summed E-state index contributed by atoms with van der Waals surface area (Å²) in [6, 6.07) is 7.59. The molecule has 1 aromatic carbocycles. The van der Waals surface area contributed by atoms with E-state index in [1.54, 1.807) is 12.3 Å². The van der Waals surface area contributed by atoms with Crippen LogP contribution in [-0.2, 0) is 9.59 Å². The van der Waals surface area contributed by atoms with Crippen LogP contribution in [0, 0.1) is 12.7 Å². The first kappa shape index (κ1) is 14.2. The van der Waals surface area contributed by atoms with Gasteiger partial charge in [-0.05, 0) is 42.3 Å². The fourth-order valence-corrected chi connectivity index (χ4v) is 2.49. The van der Waals surface area contributed by atoms with E-state index in [4.69, 9.17) is 0 Å². The summed E-state index contributed by atoms with van der Waals surface area (Å²) in [5.74, 6) is -1.33. The zero-order valence-corrected chi connectivity index (χ0v) is 11.9. The van der Waals surface area contributed by atoms with Crippen molar-refractivity contribution in [3.63, 3.8) is 0 Å². The van der Waals surface area contributed by atoms with E-state index in [2.05, 4.69) is 15.6 Å². The third-order valence-corrected chi connectivity index (χ3v) is 3.54. The van der Waals surface area contributed by atoms with Crippen LogP contribution < -0.4 is 10.6 Å². The van der Waals surface area contributed by atoms with E-state index >= 15 is 0 Å². The van der Waals surface area contributed by atoms with Crippen molar-refractivity contribution in [2.75, 3.05) is 10.6 Å². The Morgan fingerprint density at radius 3 is 2.95 bits per heavy atom. The van der Waals surface area contributed by atoms with Crippen LogP contribution in [0.3, 0.4) is 0 Å². The van der Waals surface area contributed by atoms with Gasteiger partial charge in [0.25, 0.3) is 0 Å². The Morgan fingerprint density at radius 1 is 1.36 bits per heavy atom. The Morgan fingerprint density at radius 2 is 2.18 bits per heavy atom. The minimum Gasteiger partial charge on any atom is -0.326 e. The van der Waals surface area contributed by atoms with Gasteiger partial charge in [-0.3, -0.25) is 9.59 Å². The lowest BCUT2D eigenvalue weighted by molar-refractivity contribution is -0.123. The molecule has 6 heteroatoms. The quantitative estimate of drug-likeness (QED) is 0.895. The maximum atomic E-state index is 13.3. The number of hydrogen-bond acceptors (Lipinski definition) is 3. The molecular weight excluding hydrogens is 285 g/mol. The molecule has 1 atom stereocenters. The second-order valence-electron chi connectivity index (χ2n) is 5.24. The number of fused-ring (bicyclic) bond motifs is 1. The van der Waals surface area contributed by atoms with Crippen LogP contribution in [-0.4, -0.2) is 16.8 Å². The molecule has 0 fully saturated rings. The molecule has 112 valence electrons. The molecule has 0 unspecified atom stereocenters. The number of aryl methyl sites for hydroxylation is 1. The average molecular weight is 299 g/mol. The van der Waals surface area contributed by atoms with Crippen molar-refractivity contribution in [3.8, 4) is 0 Å². The molecule has 0 saturated heterocycles. The Balaban J connectivity index is 1.88. The number of rotatable bonds is 2. The van der Waals surface area contributed by atoms with Gasteiger partial charge in [0, 0.05) is 18.3 Å².